The van der Waals surface area contributed by atoms with Gasteiger partial charge in [-0.05, 0) is 12.2 Å². The number of rotatable bonds is 1. The third-order valence-electron chi connectivity index (χ3n) is 0.645. The molecule has 0 saturated heterocycles. The standard InChI is InChI=1S/C7H10O2S/c1-3-5-6-10-7(8)9-4-2/h3-4H2,1-2H3. The molecule has 0 heterocycles. The SMILES string of the molecule is CCC#CSC(=O)OCC. The Hall–Kier alpha value is -0.620. The van der Waals surface area contributed by atoms with Crippen molar-refractivity contribution in [2.24, 2.45) is 0 Å². The van der Waals surface area contributed by atoms with Gasteiger partial charge in [-0.15, -0.1) is 0 Å². The van der Waals surface area contributed by atoms with Crippen molar-refractivity contribution in [3.63, 3.8) is 0 Å². The average molecular weight is 158 g/mol. The molecule has 56 valence electrons. The van der Waals surface area contributed by atoms with Crippen molar-refractivity contribution in [1.29, 1.82) is 0 Å². The van der Waals surface area contributed by atoms with E-state index in [2.05, 4.69) is 15.9 Å². The second-order valence-electron chi connectivity index (χ2n) is 1.42. The molecule has 2 nitrogen and oxygen atoms in total. The molecule has 0 aliphatic heterocycles. The molecule has 0 saturated carbocycles. The minimum absolute atomic E-state index is 0.316. The highest BCUT2D eigenvalue weighted by molar-refractivity contribution is 8.17. The zero-order chi connectivity index (χ0) is 7.82. The van der Waals surface area contributed by atoms with E-state index in [0.29, 0.717) is 6.61 Å². The molecule has 0 rings (SSSR count). The van der Waals surface area contributed by atoms with Gasteiger partial charge in [0.25, 0.3) is 0 Å². The van der Waals surface area contributed by atoms with Crippen molar-refractivity contribution < 1.29 is 9.53 Å². The largest absolute Gasteiger partial charge is 0.457 e. The van der Waals surface area contributed by atoms with Crippen molar-refractivity contribution in [3.05, 3.63) is 0 Å². The maximum absolute atomic E-state index is 10.6. The van der Waals surface area contributed by atoms with E-state index in [1.165, 1.54) is 0 Å². The molecule has 0 unspecified atom stereocenters. The normalized spacial score (nSPS) is 7.80. The third kappa shape index (κ3) is 5.52. The number of hydrogen-bond donors (Lipinski definition) is 0. The van der Waals surface area contributed by atoms with Gasteiger partial charge >= 0.3 is 5.30 Å². The fourth-order valence-electron chi connectivity index (χ4n) is 0.297. The van der Waals surface area contributed by atoms with Gasteiger partial charge in [0.2, 0.25) is 0 Å². The van der Waals surface area contributed by atoms with Crippen molar-refractivity contribution in [2.45, 2.75) is 20.3 Å². The third-order valence-corrected chi connectivity index (χ3v) is 1.18. The number of hydrogen-bond acceptors (Lipinski definition) is 3. The first-order valence-corrected chi connectivity index (χ1v) is 3.94. The van der Waals surface area contributed by atoms with Crippen LogP contribution in [0.25, 0.3) is 0 Å². The predicted octanol–water partition coefficient (Wildman–Crippen LogP) is 2.25. The quantitative estimate of drug-likeness (QED) is 0.432. The fraction of sp³-hybridized carbons (Fsp3) is 0.571. The number of carbonyl (C=O) groups is 1. The lowest BCUT2D eigenvalue weighted by Crippen LogP contribution is -1.93. The van der Waals surface area contributed by atoms with Crippen LogP contribution in [-0.2, 0) is 4.74 Å². The Balaban J connectivity index is 3.39. The summed E-state index contributed by atoms with van der Waals surface area (Å²) in [6, 6.07) is 0. The molecule has 10 heavy (non-hydrogen) atoms. The molecular weight excluding hydrogens is 148 g/mol. The number of thioether (sulfide) groups is 1. The average Bonchev–Trinajstić information content (AvgIpc) is 1.89. The molecule has 0 aromatic rings. The topological polar surface area (TPSA) is 26.3 Å². The fourth-order valence-corrected chi connectivity index (χ4v) is 0.774. The van der Waals surface area contributed by atoms with Crippen molar-refractivity contribution in [2.75, 3.05) is 6.61 Å². The maximum atomic E-state index is 10.6. The summed E-state index contributed by atoms with van der Waals surface area (Å²) in [5, 5.41) is 2.30. The van der Waals surface area contributed by atoms with Crippen LogP contribution in [0.5, 0.6) is 0 Å². The first-order valence-electron chi connectivity index (χ1n) is 3.12. The molecule has 0 radical (unpaired) electrons. The van der Waals surface area contributed by atoms with Crippen LogP contribution in [0.1, 0.15) is 20.3 Å². The van der Waals surface area contributed by atoms with Crippen LogP contribution in [0.4, 0.5) is 4.79 Å². The molecular formula is C7H10O2S. The zero-order valence-electron chi connectivity index (χ0n) is 6.14. The monoisotopic (exact) mass is 158 g/mol. The lowest BCUT2D eigenvalue weighted by molar-refractivity contribution is 0.181. The van der Waals surface area contributed by atoms with Gasteiger partial charge in [0.15, 0.2) is 0 Å². The smallest absolute Gasteiger partial charge is 0.380 e. The lowest BCUT2D eigenvalue weighted by Gasteiger charge is -1.92. The zero-order valence-corrected chi connectivity index (χ0v) is 6.96. The molecule has 0 N–H and O–H groups in total. The van der Waals surface area contributed by atoms with Crippen LogP contribution in [0.3, 0.4) is 0 Å². The van der Waals surface area contributed by atoms with E-state index in [1.54, 1.807) is 6.92 Å². The van der Waals surface area contributed by atoms with E-state index in [0.717, 1.165) is 18.2 Å². The molecule has 0 atom stereocenters. The van der Waals surface area contributed by atoms with E-state index >= 15 is 0 Å². The highest BCUT2D eigenvalue weighted by Gasteiger charge is 1.96. The van der Waals surface area contributed by atoms with E-state index in [1.807, 2.05) is 6.92 Å². The summed E-state index contributed by atoms with van der Waals surface area (Å²) in [4.78, 5) is 10.6. The highest BCUT2D eigenvalue weighted by atomic mass is 32.2. The summed E-state index contributed by atoms with van der Waals surface area (Å²) in [7, 11) is 0. The summed E-state index contributed by atoms with van der Waals surface area (Å²) in [5.41, 5.74) is 0. The minimum atomic E-state index is -0.316. The van der Waals surface area contributed by atoms with Gasteiger partial charge in [-0.1, -0.05) is 12.8 Å². The van der Waals surface area contributed by atoms with Crippen LogP contribution < -0.4 is 0 Å². The number of carbonyl (C=O) groups excluding carboxylic acids is 1. The second kappa shape index (κ2) is 6.50. The van der Waals surface area contributed by atoms with Gasteiger partial charge < -0.3 is 4.74 Å². The Morgan fingerprint density at radius 3 is 2.80 bits per heavy atom. The van der Waals surface area contributed by atoms with Crippen LogP contribution in [0, 0.1) is 11.2 Å². The van der Waals surface area contributed by atoms with Crippen molar-refractivity contribution >= 4 is 17.1 Å². The summed E-state index contributed by atoms with van der Waals surface area (Å²) >= 11 is 0.903. The van der Waals surface area contributed by atoms with E-state index in [-0.39, 0.29) is 5.30 Å². The van der Waals surface area contributed by atoms with Crippen molar-refractivity contribution in [3.8, 4) is 11.2 Å². The van der Waals surface area contributed by atoms with Gasteiger partial charge in [-0.25, -0.2) is 4.79 Å². The Morgan fingerprint density at radius 2 is 2.30 bits per heavy atom. The van der Waals surface area contributed by atoms with Crippen LogP contribution in [-0.4, -0.2) is 11.9 Å². The van der Waals surface area contributed by atoms with E-state index < -0.39 is 0 Å². The summed E-state index contributed by atoms with van der Waals surface area (Å²) < 4.78 is 4.61. The van der Waals surface area contributed by atoms with Gasteiger partial charge in [-0.2, -0.15) is 0 Å². The van der Waals surface area contributed by atoms with Gasteiger partial charge in [0, 0.05) is 18.2 Å². The van der Waals surface area contributed by atoms with Gasteiger partial charge in [0.05, 0.1) is 6.61 Å². The second-order valence-corrected chi connectivity index (χ2v) is 2.16. The summed E-state index contributed by atoms with van der Waals surface area (Å²) in [5.74, 6) is 2.75. The Bertz CT molecular complexity index is 155. The van der Waals surface area contributed by atoms with Crippen LogP contribution in [0.15, 0.2) is 0 Å². The first-order chi connectivity index (χ1) is 4.81. The predicted molar refractivity (Wildman–Crippen MR) is 42.7 cm³/mol. The molecule has 0 fully saturated rings. The van der Waals surface area contributed by atoms with E-state index in [9.17, 15) is 4.79 Å². The Kier molecular flexibility index (Phi) is 6.10. The van der Waals surface area contributed by atoms with Crippen molar-refractivity contribution in [1.82, 2.24) is 0 Å². The molecule has 0 aliphatic rings. The molecule has 0 aliphatic carbocycles. The van der Waals surface area contributed by atoms with Gasteiger partial charge in [-0.3, -0.25) is 0 Å². The summed E-state index contributed by atoms with van der Waals surface area (Å²) in [6.07, 6.45) is 0.770. The molecule has 0 amide bonds. The molecule has 0 bridgehead atoms. The van der Waals surface area contributed by atoms with Gasteiger partial charge in [0.1, 0.15) is 0 Å². The van der Waals surface area contributed by atoms with Crippen LogP contribution >= 0.6 is 11.8 Å². The highest BCUT2D eigenvalue weighted by Crippen LogP contribution is 2.01. The first kappa shape index (κ1) is 9.38. The molecule has 0 spiro atoms. The lowest BCUT2D eigenvalue weighted by atomic mass is 10.5. The minimum Gasteiger partial charge on any atom is -0.457 e. The molecule has 3 heteroatoms. The van der Waals surface area contributed by atoms with E-state index in [4.69, 9.17) is 0 Å². The number of ether oxygens (including phenoxy) is 1. The maximum Gasteiger partial charge on any atom is 0.380 e. The summed E-state index contributed by atoms with van der Waals surface area (Å²) in [6.45, 7) is 4.12. The molecule has 0 aromatic carbocycles. The Labute approximate surface area is 65.3 Å². The molecule has 0 aromatic heterocycles. The Morgan fingerprint density at radius 1 is 1.60 bits per heavy atom. The van der Waals surface area contributed by atoms with Crippen LogP contribution in [0.2, 0.25) is 0 Å².